The molecule has 0 aliphatic heterocycles. The summed E-state index contributed by atoms with van der Waals surface area (Å²) in [5.41, 5.74) is 0. The predicted molar refractivity (Wildman–Crippen MR) is 39.0 cm³/mol. The van der Waals surface area contributed by atoms with E-state index in [4.69, 9.17) is 0 Å². The first-order chi connectivity index (χ1) is 6.24. The zero-order chi connectivity index (χ0) is 12.2. The Bertz CT molecular complexity index is 96.0. The Morgan fingerprint density at radius 3 is 1.07 bits per heavy atom. The molecule has 0 rings (SSSR count). The smallest absolute Gasteiger partial charge is 0.388 e. The molecule has 0 amide bonds. The van der Waals surface area contributed by atoms with Gasteiger partial charge in [0.1, 0.15) is 0 Å². The van der Waals surface area contributed by atoms with Crippen LogP contribution in [-0.4, -0.2) is 41.4 Å². The molecule has 8 heteroatoms. The van der Waals surface area contributed by atoms with E-state index in [1.807, 2.05) is 0 Å². The summed E-state index contributed by atoms with van der Waals surface area (Å²) in [5, 5.41) is 0. The largest absolute Gasteiger partial charge is 0.522 e. The molecule has 0 aliphatic rings. The average molecular weight is 228 g/mol. The second kappa shape index (κ2) is 12.5. The van der Waals surface area contributed by atoms with Crippen LogP contribution in [0.25, 0.3) is 0 Å². The Morgan fingerprint density at radius 2 is 1.07 bits per heavy atom. The highest BCUT2D eigenvalue weighted by molar-refractivity contribution is 4.15. The number of hydrogen-bond acceptors (Lipinski definition) is 3. The second-order valence-electron chi connectivity index (χ2n) is 1.55. The average Bonchev–Trinajstić information content (AvgIpc) is 2.06. The fourth-order valence-electron chi connectivity index (χ4n) is 0. The number of halogens is 5. The van der Waals surface area contributed by atoms with Crippen LogP contribution in [0.4, 0.5) is 22.0 Å². The normalized spacial score (nSPS) is 9.86. The van der Waals surface area contributed by atoms with Gasteiger partial charge in [-0.05, 0) is 0 Å². The van der Waals surface area contributed by atoms with Gasteiger partial charge >= 0.3 is 13.0 Å². The van der Waals surface area contributed by atoms with Gasteiger partial charge in [-0.3, -0.25) is 4.74 Å². The second-order valence-corrected chi connectivity index (χ2v) is 1.55. The van der Waals surface area contributed by atoms with Crippen molar-refractivity contribution >= 4 is 0 Å². The molecule has 0 N–H and O–H groups in total. The molecule has 0 aromatic heterocycles. The van der Waals surface area contributed by atoms with E-state index < -0.39 is 13.0 Å². The van der Waals surface area contributed by atoms with Gasteiger partial charge in [0.15, 0.2) is 0 Å². The van der Waals surface area contributed by atoms with Crippen molar-refractivity contribution in [2.45, 2.75) is 13.0 Å². The topological polar surface area (TPSA) is 27.7 Å². The van der Waals surface area contributed by atoms with E-state index in [0.717, 1.165) is 7.11 Å². The lowest BCUT2D eigenvalue weighted by molar-refractivity contribution is -0.311. The number of rotatable bonds is 1. The minimum absolute atomic E-state index is 0.583. The van der Waals surface area contributed by atoms with Crippen LogP contribution in [0, 0.1) is 0 Å². The number of alkyl halides is 5. The molecular formula is C6H13F5O3. The molecule has 0 unspecified atom stereocenters. The van der Waals surface area contributed by atoms with Crippen molar-refractivity contribution in [3.63, 3.8) is 0 Å². The summed E-state index contributed by atoms with van der Waals surface area (Å²) >= 11 is 0. The Morgan fingerprint density at radius 1 is 0.929 bits per heavy atom. The summed E-state index contributed by atoms with van der Waals surface area (Å²) in [4.78, 5) is 0. The van der Waals surface area contributed by atoms with Crippen LogP contribution < -0.4 is 0 Å². The van der Waals surface area contributed by atoms with Crippen molar-refractivity contribution in [2.75, 3.05) is 28.4 Å². The third-order valence-corrected chi connectivity index (χ3v) is 0.410. The number of methoxy groups -OCH3 is 3. The molecular weight excluding hydrogens is 215 g/mol. The highest BCUT2D eigenvalue weighted by Gasteiger charge is 2.25. The maximum Gasteiger partial charge on any atom is 0.522 e. The Balaban J connectivity index is -0.000000138. The minimum atomic E-state index is -4.46. The highest BCUT2D eigenvalue weighted by Crippen LogP contribution is 2.13. The van der Waals surface area contributed by atoms with Crippen LogP contribution >= 0.6 is 0 Å². The van der Waals surface area contributed by atoms with Crippen molar-refractivity contribution in [3.8, 4) is 0 Å². The number of hydrogen-bond donors (Lipinski definition) is 0. The lowest BCUT2D eigenvalue weighted by atomic mass is 11.3. The van der Waals surface area contributed by atoms with Gasteiger partial charge in [-0.25, -0.2) is 0 Å². The van der Waals surface area contributed by atoms with Crippen LogP contribution in [-0.2, 0) is 14.2 Å². The molecule has 0 aromatic rings. The van der Waals surface area contributed by atoms with E-state index >= 15 is 0 Å². The first kappa shape index (κ1) is 19.2. The first-order valence-electron chi connectivity index (χ1n) is 3.08. The van der Waals surface area contributed by atoms with E-state index in [1.54, 1.807) is 14.2 Å². The Hall–Kier alpha value is -0.470. The van der Waals surface area contributed by atoms with E-state index in [0.29, 0.717) is 7.11 Å². The highest BCUT2D eigenvalue weighted by atomic mass is 19.4. The summed E-state index contributed by atoms with van der Waals surface area (Å²) in [6.45, 7) is -2.62. The van der Waals surface area contributed by atoms with Gasteiger partial charge in [0.05, 0.1) is 0 Å². The first-order valence-corrected chi connectivity index (χ1v) is 3.08. The molecule has 90 valence electrons. The summed E-state index contributed by atoms with van der Waals surface area (Å²) < 4.78 is 63.4. The van der Waals surface area contributed by atoms with Crippen molar-refractivity contribution in [1.82, 2.24) is 0 Å². The molecule has 14 heavy (non-hydrogen) atoms. The number of ether oxygens (including phenoxy) is 3. The lowest BCUT2D eigenvalue weighted by Gasteiger charge is -1.97. The zero-order valence-electron chi connectivity index (χ0n) is 8.19. The van der Waals surface area contributed by atoms with Gasteiger partial charge in [-0.15, -0.1) is 13.2 Å². The monoisotopic (exact) mass is 228 g/mol. The van der Waals surface area contributed by atoms with Crippen LogP contribution in [0.2, 0.25) is 0 Å². The lowest BCUT2D eigenvalue weighted by Crippen LogP contribution is -2.08. The fourth-order valence-corrected chi connectivity index (χ4v) is 0. The third-order valence-electron chi connectivity index (χ3n) is 0.410. The predicted octanol–water partition coefficient (Wildman–Crippen LogP) is 2.27. The van der Waals surface area contributed by atoms with Crippen LogP contribution in [0.15, 0.2) is 0 Å². The van der Waals surface area contributed by atoms with Crippen LogP contribution in [0.1, 0.15) is 0 Å². The van der Waals surface area contributed by atoms with Crippen molar-refractivity contribution in [2.24, 2.45) is 0 Å². The molecule has 0 aliphatic carbocycles. The zero-order valence-corrected chi connectivity index (χ0v) is 8.19. The SMILES string of the molecule is COC.COC(F)(F)F.COC(F)F. The molecule has 0 bridgehead atoms. The van der Waals surface area contributed by atoms with Gasteiger partial charge in [0, 0.05) is 28.4 Å². The third kappa shape index (κ3) is 62.3. The van der Waals surface area contributed by atoms with Gasteiger partial charge in [0.2, 0.25) is 0 Å². The minimum Gasteiger partial charge on any atom is -0.388 e. The molecule has 0 spiro atoms. The molecule has 0 atom stereocenters. The summed E-state index contributed by atoms with van der Waals surface area (Å²) in [7, 11) is 4.78. The maximum absolute atomic E-state index is 10.6. The van der Waals surface area contributed by atoms with E-state index in [9.17, 15) is 22.0 Å². The Labute approximate surface area is 78.7 Å². The fraction of sp³-hybridized carbons (Fsp3) is 1.00. The summed E-state index contributed by atoms with van der Waals surface area (Å²) in [6, 6.07) is 0. The maximum atomic E-state index is 10.6. The van der Waals surface area contributed by atoms with Gasteiger partial charge in [-0.2, -0.15) is 8.78 Å². The van der Waals surface area contributed by atoms with Crippen molar-refractivity contribution in [3.05, 3.63) is 0 Å². The molecule has 0 saturated carbocycles. The van der Waals surface area contributed by atoms with E-state index in [-0.39, 0.29) is 0 Å². The molecule has 0 radical (unpaired) electrons. The quantitative estimate of drug-likeness (QED) is 0.644. The summed E-state index contributed by atoms with van der Waals surface area (Å²) in [6.07, 6.45) is -4.46. The molecule has 0 saturated heterocycles. The molecule has 0 aromatic carbocycles. The van der Waals surface area contributed by atoms with Crippen LogP contribution in [0.5, 0.6) is 0 Å². The van der Waals surface area contributed by atoms with E-state index in [2.05, 4.69) is 14.2 Å². The van der Waals surface area contributed by atoms with Crippen LogP contribution in [0.3, 0.4) is 0 Å². The molecule has 3 nitrogen and oxygen atoms in total. The van der Waals surface area contributed by atoms with E-state index in [1.165, 1.54) is 0 Å². The van der Waals surface area contributed by atoms with Crippen molar-refractivity contribution < 1.29 is 36.2 Å². The van der Waals surface area contributed by atoms with Gasteiger partial charge in [-0.1, -0.05) is 0 Å². The van der Waals surface area contributed by atoms with Crippen molar-refractivity contribution in [1.29, 1.82) is 0 Å². The Kier molecular flexibility index (Phi) is 17.1. The standard InChI is InChI=1S/C2H3F3O.C2H4F2O.C2H6O/c1-6-2(3,4)5;1-5-2(3)4;1-3-2/h1H3;2H,1H3;1-2H3. The van der Waals surface area contributed by atoms with Gasteiger partial charge in [0.25, 0.3) is 0 Å². The molecule has 0 heterocycles. The van der Waals surface area contributed by atoms with Gasteiger partial charge < -0.3 is 9.47 Å². The summed E-state index contributed by atoms with van der Waals surface area (Å²) in [5.74, 6) is 0. The molecule has 0 fully saturated rings.